The predicted octanol–water partition coefficient (Wildman–Crippen LogP) is 3.14. The number of benzene rings is 1. The fraction of sp³-hybridized carbons (Fsp3) is 0.542. The lowest BCUT2D eigenvalue weighted by atomic mass is 9.98. The van der Waals surface area contributed by atoms with Crippen molar-refractivity contribution < 1.29 is 28.4 Å². The van der Waals surface area contributed by atoms with Gasteiger partial charge in [0.1, 0.15) is 23.8 Å². The summed E-state index contributed by atoms with van der Waals surface area (Å²) in [5.74, 6) is 0.394. The van der Waals surface area contributed by atoms with Gasteiger partial charge in [-0.15, -0.1) is 0 Å². The second kappa shape index (κ2) is 14.2. The van der Waals surface area contributed by atoms with Gasteiger partial charge in [0, 0.05) is 13.3 Å². The molecule has 0 spiro atoms. The number of carbonyl (C=O) groups is 1. The molecule has 1 aliphatic rings. The van der Waals surface area contributed by atoms with Crippen LogP contribution >= 0.6 is 8.53 Å². The van der Waals surface area contributed by atoms with Gasteiger partial charge < -0.3 is 29.4 Å². The number of nitrogens with two attached hydrogens (primary N) is 1. The molecule has 0 bridgehead atoms. The summed E-state index contributed by atoms with van der Waals surface area (Å²) in [5, 5.41) is 10.1. The van der Waals surface area contributed by atoms with Crippen molar-refractivity contribution in [2.24, 2.45) is 0 Å². The van der Waals surface area contributed by atoms with Crippen LogP contribution in [-0.2, 0) is 18.8 Å². The summed E-state index contributed by atoms with van der Waals surface area (Å²) < 4.78 is 25.2. The molecule has 1 aromatic carbocycles. The van der Waals surface area contributed by atoms with Crippen LogP contribution < -0.4 is 21.0 Å². The minimum atomic E-state index is -1.69. The Morgan fingerprint density at radius 1 is 1.31 bits per heavy atom. The summed E-state index contributed by atoms with van der Waals surface area (Å²) in [6.45, 7) is 7.52. The van der Waals surface area contributed by atoms with Crippen LogP contribution in [-0.4, -0.2) is 52.1 Å². The van der Waals surface area contributed by atoms with Gasteiger partial charge in [-0.25, -0.2) is 9.88 Å². The first-order valence-electron chi connectivity index (χ1n) is 11.8. The van der Waals surface area contributed by atoms with E-state index >= 15 is 0 Å². The monoisotopic (exact) mass is 524 g/mol. The molecule has 1 aliphatic heterocycles. The molecule has 3 unspecified atom stereocenters. The third-order valence-electron chi connectivity index (χ3n) is 5.42. The normalized spacial score (nSPS) is 20.8. The van der Waals surface area contributed by atoms with Crippen LogP contribution in [0, 0.1) is 0 Å². The minimum absolute atomic E-state index is 0.171. The number of aromatic nitrogens is 2. The summed E-state index contributed by atoms with van der Waals surface area (Å²) in [4.78, 5) is 28.4. The standard InChI is InChI=1S/C23H33N4O6P.CH4O/c1-5-23(13-11-20(32-23)27-14-12-19(24)25-22(27)29)15-30-34(33-18-9-7-6-8-10-18)26-17(4)21(28)31-16(2)3;1-2/h6-10,12,14,16-17,20,26H,5,11,13,15H2,1-4H3,(H2,24,25,29);2H,1H3/t17?,20?,23-,34?;/m0./s1. The number of hydrogen-bond donors (Lipinski definition) is 3. The highest BCUT2D eigenvalue weighted by atomic mass is 31.2. The first kappa shape index (κ1) is 29.7. The highest BCUT2D eigenvalue weighted by Gasteiger charge is 2.41. The van der Waals surface area contributed by atoms with Crippen LogP contribution in [0.25, 0.3) is 0 Å². The molecule has 11 nitrogen and oxygen atoms in total. The smallest absolute Gasteiger partial charge is 0.351 e. The number of ether oxygens (including phenoxy) is 2. The molecule has 12 heteroatoms. The molecule has 2 heterocycles. The topological polar surface area (TPSA) is 147 Å². The Kier molecular flexibility index (Phi) is 11.7. The van der Waals surface area contributed by atoms with Crippen LogP contribution in [0.3, 0.4) is 0 Å². The number of esters is 1. The molecule has 4 N–H and O–H groups in total. The third kappa shape index (κ3) is 8.53. The van der Waals surface area contributed by atoms with Crippen molar-refractivity contribution in [1.29, 1.82) is 0 Å². The number of nitrogens with one attached hydrogen (secondary N) is 1. The maximum Gasteiger partial charge on any atom is 0.351 e. The number of anilines is 1. The zero-order valence-electron chi connectivity index (χ0n) is 21.4. The molecule has 3 rings (SSSR count). The summed E-state index contributed by atoms with van der Waals surface area (Å²) in [6, 6.07) is 10.2. The van der Waals surface area contributed by atoms with Crippen LogP contribution in [0.4, 0.5) is 5.82 Å². The summed E-state index contributed by atoms with van der Waals surface area (Å²) in [6.07, 6.45) is 2.89. The molecular formula is C24H37N4O7P. The summed E-state index contributed by atoms with van der Waals surface area (Å²) >= 11 is 0. The quantitative estimate of drug-likeness (QED) is 0.296. The zero-order valence-corrected chi connectivity index (χ0v) is 22.3. The Labute approximate surface area is 212 Å². The van der Waals surface area contributed by atoms with E-state index in [1.807, 2.05) is 37.3 Å². The van der Waals surface area contributed by atoms with Crippen molar-refractivity contribution in [1.82, 2.24) is 14.6 Å². The van der Waals surface area contributed by atoms with Gasteiger partial charge >= 0.3 is 20.2 Å². The first-order chi connectivity index (χ1) is 17.2. The molecule has 1 fully saturated rings. The SMILES string of the molecule is CC[C@@]1(COP(NC(C)C(=O)OC(C)C)Oc2ccccc2)CCC(n2ccc(N)nc2=O)O1.CO. The largest absolute Gasteiger partial charge is 0.462 e. The number of rotatable bonds is 11. The predicted molar refractivity (Wildman–Crippen MR) is 137 cm³/mol. The first-order valence-corrected chi connectivity index (χ1v) is 13.0. The fourth-order valence-corrected chi connectivity index (χ4v) is 4.76. The van der Waals surface area contributed by atoms with E-state index in [1.165, 1.54) is 4.57 Å². The lowest BCUT2D eigenvalue weighted by molar-refractivity contribution is -0.149. The Balaban J connectivity index is 0.00000222. The van der Waals surface area contributed by atoms with Crippen LogP contribution in [0.2, 0.25) is 0 Å². The van der Waals surface area contributed by atoms with E-state index in [-0.39, 0.29) is 24.5 Å². The molecule has 4 atom stereocenters. The van der Waals surface area contributed by atoms with Crippen molar-refractivity contribution in [2.75, 3.05) is 19.5 Å². The van der Waals surface area contributed by atoms with Gasteiger partial charge in [0.15, 0.2) is 0 Å². The summed E-state index contributed by atoms with van der Waals surface area (Å²) in [5.41, 5.74) is 4.53. The third-order valence-corrected chi connectivity index (χ3v) is 6.76. The van der Waals surface area contributed by atoms with Crippen molar-refractivity contribution in [2.45, 2.75) is 70.9 Å². The van der Waals surface area contributed by atoms with Crippen LogP contribution in [0.15, 0.2) is 47.4 Å². The molecular weight excluding hydrogens is 487 g/mol. The summed E-state index contributed by atoms with van der Waals surface area (Å²) in [7, 11) is -0.695. The van der Waals surface area contributed by atoms with Gasteiger partial charge in [0.05, 0.1) is 18.3 Å². The molecule has 1 aromatic heterocycles. The second-order valence-electron chi connectivity index (χ2n) is 8.46. The molecule has 36 heavy (non-hydrogen) atoms. The van der Waals surface area contributed by atoms with Gasteiger partial charge in [-0.05, 0) is 58.2 Å². The Bertz CT molecular complexity index is 1010. The highest BCUT2D eigenvalue weighted by molar-refractivity contribution is 7.45. The van der Waals surface area contributed by atoms with Crippen molar-refractivity contribution in [3.05, 3.63) is 53.1 Å². The molecule has 0 amide bonds. The van der Waals surface area contributed by atoms with Gasteiger partial charge in [0.25, 0.3) is 0 Å². The number of aliphatic hydroxyl groups is 1. The van der Waals surface area contributed by atoms with E-state index in [9.17, 15) is 9.59 Å². The molecule has 2 aromatic rings. The van der Waals surface area contributed by atoms with Gasteiger partial charge in [0.2, 0.25) is 0 Å². The van der Waals surface area contributed by atoms with E-state index in [0.717, 1.165) is 7.11 Å². The van der Waals surface area contributed by atoms with Crippen LogP contribution in [0.1, 0.15) is 53.2 Å². The van der Waals surface area contributed by atoms with Crippen molar-refractivity contribution >= 4 is 20.3 Å². The minimum Gasteiger partial charge on any atom is -0.462 e. The Morgan fingerprint density at radius 3 is 2.61 bits per heavy atom. The number of nitrogen functional groups attached to an aromatic ring is 1. The zero-order chi connectivity index (χ0) is 26.7. The molecule has 1 saturated heterocycles. The number of hydrogen-bond acceptors (Lipinski definition) is 10. The van der Waals surface area contributed by atoms with Gasteiger partial charge in [-0.2, -0.15) is 4.98 Å². The lowest BCUT2D eigenvalue weighted by Gasteiger charge is -2.30. The second-order valence-corrected chi connectivity index (χ2v) is 9.67. The van der Waals surface area contributed by atoms with E-state index in [2.05, 4.69) is 10.1 Å². The fourth-order valence-electron chi connectivity index (χ4n) is 3.49. The number of aliphatic hydroxyl groups excluding tert-OH is 1. The number of para-hydroxylation sites is 1. The molecule has 0 radical (unpaired) electrons. The average Bonchev–Trinajstić information content (AvgIpc) is 3.28. The van der Waals surface area contributed by atoms with Crippen molar-refractivity contribution in [3.8, 4) is 5.75 Å². The van der Waals surface area contributed by atoms with E-state index in [1.54, 1.807) is 33.0 Å². The Morgan fingerprint density at radius 2 is 2.00 bits per heavy atom. The van der Waals surface area contributed by atoms with Crippen molar-refractivity contribution in [3.63, 3.8) is 0 Å². The average molecular weight is 525 g/mol. The van der Waals surface area contributed by atoms with Gasteiger partial charge in [-0.1, -0.05) is 25.1 Å². The highest BCUT2D eigenvalue weighted by Crippen LogP contribution is 2.43. The maximum absolute atomic E-state index is 12.3. The van der Waals surface area contributed by atoms with E-state index in [0.29, 0.717) is 25.0 Å². The van der Waals surface area contributed by atoms with Crippen LogP contribution in [0.5, 0.6) is 5.75 Å². The molecule has 200 valence electrons. The number of carbonyl (C=O) groups excluding carboxylic acids is 1. The Hall–Kier alpha value is -2.56. The lowest BCUT2D eigenvalue weighted by Crippen LogP contribution is -2.38. The maximum atomic E-state index is 12.3. The van der Waals surface area contributed by atoms with Gasteiger partial charge in [-0.3, -0.25) is 9.36 Å². The van der Waals surface area contributed by atoms with E-state index < -0.39 is 32.1 Å². The molecule has 0 saturated carbocycles. The van der Waals surface area contributed by atoms with E-state index in [4.69, 9.17) is 29.4 Å². The number of nitrogens with zero attached hydrogens (tertiary/aromatic N) is 2. The molecule has 0 aliphatic carbocycles.